The van der Waals surface area contributed by atoms with E-state index in [2.05, 4.69) is 22.2 Å². The Morgan fingerprint density at radius 2 is 1.97 bits per heavy atom. The molecule has 8 nitrogen and oxygen atoms in total. The first-order valence-electron chi connectivity index (χ1n) is 11.4. The van der Waals surface area contributed by atoms with E-state index >= 15 is 0 Å². The molecule has 0 bridgehead atoms. The summed E-state index contributed by atoms with van der Waals surface area (Å²) >= 11 is 1.46. The maximum atomic E-state index is 13.5. The van der Waals surface area contributed by atoms with Gasteiger partial charge in [-0.05, 0) is 44.9 Å². The average Bonchev–Trinajstić information content (AvgIpc) is 3.16. The number of benzene rings is 1. The number of hydrogen-bond donors (Lipinski definition) is 3. The van der Waals surface area contributed by atoms with Crippen LogP contribution in [0.2, 0.25) is 0 Å². The standard InChI is InChI=1S/C26H32N4O4S/c1-5-13-28-24(33)22-26(3,4)35-16-30(22)25(34)21(31)20(15-18-10-7-6-8-11-18)29-23(32)19-12-9-14-27-17(19)2/h5-12,14,20-22,31H,1,13,15-16H2,2-4H3,(H,28,33)(H,29,32)/t20-,21-,22?/m0/s1. The van der Waals surface area contributed by atoms with Crippen LogP contribution >= 0.6 is 11.8 Å². The maximum Gasteiger partial charge on any atom is 0.254 e. The largest absolute Gasteiger partial charge is 0.381 e. The Balaban J connectivity index is 1.86. The van der Waals surface area contributed by atoms with Crippen LogP contribution in [0.4, 0.5) is 0 Å². The Hall–Kier alpha value is -3.17. The fourth-order valence-electron chi connectivity index (χ4n) is 4.10. The summed E-state index contributed by atoms with van der Waals surface area (Å²) in [6, 6.07) is 10.9. The summed E-state index contributed by atoms with van der Waals surface area (Å²) in [5.41, 5.74) is 1.76. The van der Waals surface area contributed by atoms with Crippen molar-refractivity contribution < 1.29 is 19.5 Å². The number of amides is 3. The smallest absolute Gasteiger partial charge is 0.254 e. The molecule has 2 aromatic rings. The Bertz CT molecular complexity index is 1080. The lowest BCUT2D eigenvalue weighted by Gasteiger charge is -2.33. The van der Waals surface area contributed by atoms with Crippen molar-refractivity contribution in [3.8, 4) is 0 Å². The van der Waals surface area contributed by atoms with E-state index in [0.29, 0.717) is 11.3 Å². The van der Waals surface area contributed by atoms with Crippen molar-refractivity contribution in [2.24, 2.45) is 0 Å². The van der Waals surface area contributed by atoms with Gasteiger partial charge in [0.25, 0.3) is 11.8 Å². The minimum absolute atomic E-state index is 0.233. The molecule has 3 atom stereocenters. The van der Waals surface area contributed by atoms with Gasteiger partial charge in [-0.3, -0.25) is 19.4 Å². The molecule has 1 unspecified atom stereocenters. The Kier molecular flexibility index (Phi) is 8.69. The van der Waals surface area contributed by atoms with Gasteiger partial charge in [0.15, 0.2) is 6.10 Å². The third-order valence-electron chi connectivity index (χ3n) is 6.00. The zero-order valence-electron chi connectivity index (χ0n) is 20.2. The molecule has 186 valence electrons. The van der Waals surface area contributed by atoms with Crippen molar-refractivity contribution in [2.75, 3.05) is 12.4 Å². The van der Waals surface area contributed by atoms with Crippen LogP contribution in [0, 0.1) is 6.92 Å². The molecule has 35 heavy (non-hydrogen) atoms. The molecule has 0 spiro atoms. The van der Waals surface area contributed by atoms with E-state index in [0.717, 1.165) is 5.56 Å². The summed E-state index contributed by atoms with van der Waals surface area (Å²) in [7, 11) is 0. The molecule has 0 aliphatic carbocycles. The Morgan fingerprint density at radius 1 is 1.26 bits per heavy atom. The van der Waals surface area contributed by atoms with Gasteiger partial charge in [0.05, 0.1) is 17.5 Å². The summed E-state index contributed by atoms with van der Waals surface area (Å²) in [5, 5.41) is 16.8. The molecule has 1 aliphatic heterocycles. The second-order valence-electron chi connectivity index (χ2n) is 8.97. The van der Waals surface area contributed by atoms with Gasteiger partial charge in [-0.25, -0.2) is 0 Å². The monoisotopic (exact) mass is 496 g/mol. The van der Waals surface area contributed by atoms with Gasteiger partial charge in [0.2, 0.25) is 5.91 Å². The van der Waals surface area contributed by atoms with Gasteiger partial charge in [-0.1, -0.05) is 36.4 Å². The van der Waals surface area contributed by atoms with Crippen LogP contribution in [-0.4, -0.2) is 68.1 Å². The van der Waals surface area contributed by atoms with E-state index < -0.39 is 34.7 Å². The van der Waals surface area contributed by atoms with Crippen molar-refractivity contribution in [3.63, 3.8) is 0 Å². The fourth-order valence-corrected chi connectivity index (χ4v) is 5.24. The minimum Gasteiger partial charge on any atom is -0.381 e. The fraction of sp³-hybridized carbons (Fsp3) is 0.385. The lowest BCUT2D eigenvalue weighted by atomic mass is 9.97. The van der Waals surface area contributed by atoms with Gasteiger partial charge in [0.1, 0.15) is 6.04 Å². The zero-order valence-corrected chi connectivity index (χ0v) is 21.0. The molecule has 0 radical (unpaired) electrons. The van der Waals surface area contributed by atoms with Crippen LogP contribution in [0.5, 0.6) is 0 Å². The van der Waals surface area contributed by atoms with Crippen molar-refractivity contribution in [1.82, 2.24) is 20.5 Å². The van der Waals surface area contributed by atoms with Gasteiger partial charge in [-0.15, -0.1) is 18.3 Å². The Labute approximate surface area is 210 Å². The van der Waals surface area contributed by atoms with Crippen LogP contribution in [0.1, 0.15) is 35.5 Å². The molecule has 1 aliphatic rings. The highest BCUT2D eigenvalue weighted by atomic mass is 32.2. The number of aromatic nitrogens is 1. The number of thioether (sulfide) groups is 1. The predicted octanol–water partition coefficient (Wildman–Crippen LogP) is 2.07. The van der Waals surface area contributed by atoms with E-state index in [1.807, 2.05) is 44.2 Å². The number of rotatable bonds is 9. The molecule has 3 amide bonds. The summed E-state index contributed by atoms with van der Waals surface area (Å²) in [4.78, 5) is 45.0. The SMILES string of the molecule is C=CCNC(=O)C1N(C(=O)[C@@H](O)[C@H](Cc2ccccc2)NC(=O)c2cccnc2C)CSC1(C)C. The first kappa shape index (κ1) is 26.4. The number of aliphatic hydroxyl groups is 1. The lowest BCUT2D eigenvalue weighted by molar-refractivity contribution is -0.147. The van der Waals surface area contributed by atoms with Crippen LogP contribution in [-0.2, 0) is 16.0 Å². The molecular weight excluding hydrogens is 464 g/mol. The zero-order chi connectivity index (χ0) is 25.6. The van der Waals surface area contributed by atoms with Crippen LogP contribution < -0.4 is 10.6 Å². The first-order chi connectivity index (χ1) is 16.7. The van der Waals surface area contributed by atoms with E-state index in [1.54, 1.807) is 31.3 Å². The van der Waals surface area contributed by atoms with E-state index in [1.165, 1.54) is 16.7 Å². The minimum atomic E-state index is -1.56. The molecule has 1 saturated heterocycles. The van der Waals surface area contributed by atoms with Crippen molar-refractivity contribution in [1.29, 1.82) is 0 Å². The van der Waals surface area contributed by atoms with E-state index in [-0.39, 0.29) is 24.7 Å². The van der Waals surface area contributed by atoms with Crippen molar-refractivity contribution in [2.45, 2.75) is 50.1 Å². The maximum absolute atomic E-state index is 13.5. The lowest BCUT2D eigenvalue weighted by Crippen LogP contribution is -2.58. The van der Waals surface area contributed by atoms with E-state index in [4.69, 9.17) is 0 Å². The highest BCUT2D eigenvalue weighted by Crippen LogP contribution is 2.39. The van der Waals surface area contributed by atoms with Gasteiger partial charge >= 0.3 is 0 Å². The number of carbonyl (C=O) groups is 3. The van der Waals surface area contributed by atoms with Crippen LogP contribution in [0.25, 0.3) is 0 Å². The van der Waals surface area contributed by atoms with Crippen LogP contribution in [0.3, 0.4) is 0 Å². The summed E-state index contributed by atoms with van der Waals surface area (Å²) in [6.07, 6.45) is 1.84. The highest BCUT2D eigenvalue weighted by Gasteiger charge is 2.49. The number of pyridine rings is 1. The topological polar surface area (TPSA) is 112 Å². The average molecular weight is 497 g/mol. The molecule has 9 heteroatoms. The molecule has 0 saturated carbocycles. The van der Waals surface area contributed by atoms with E-state index in [9.17, 15) is 19.5 Å². The number of nitrogens with zero attached hydrogens (tertiary/aromatic N) is 2. The Morgan fingerprint density at radius 3 is 2.63 bits per heavy atom. The number of aliphatic hydroxyl groups excluding tert-OH is 1. The predicted molar refractivity (Wildman–Crippen MR) is 137 cm³/mol. The van der Waals surface area contributed by atoms with Crippen molar-refractivity contribution >= 4 is 29.5 Å². The number of nitrogens with one attached hydrogen (secondary N) is 2. The van der Waals surface area contributed by atoms with Gasteiger partial charge < -0.3 is 20.6 Å². The molecule has 2 heterocycles. The normalized spacial score (nSPS) is 18.4. The number of aryl methyl sites for hydroxylation is 1. The summed E-state index contributed by atoms with van der Waals surface area (Å²) in [6.45, 7) is 9.40. The van der Waals surface area contributed by atoms with Gasteiger partial charge in [0, 0.05) is 23.2 Å². The number of carbonyl (C=O) groups excluding carboxylic acids is 3. The van der Waals surface area contributed by atoms with Crippen LogP contribution in [0.15, 0.2) is 61.3 Å². The second-order valence-corrected chi connectivity index (χ2v) is 10.6. The van der Waals surface area contributed by atoms with Crippen molar-refractivity contribution in [3.05, 3.63) is 78.1 Å². The summed E-state index contributed by atoms with van der Waals surface area (Å²) in [5.74, 6) is -1.09. The molecule has 3 rings (SSSR count). The molecule has 3 N–H and O–H groups in total. The quantitative estimate of drug-likeness (QED) is 0.459. The molecule has 1 aromatic heterocycles. The summed E-state index contributed by atoms with van der Waals surface area (Å²) < 4.78 is -0.550. The third-order valence-corrected chi connectivity index (χ3v) is 7.37. The first-order valence-corrected chi connectivity index (χ1v) is 12.4. The second kappa shape index (κ2) is 11.5. The molecule has 1 aromatic carbocycles. The third kappa shape index (κ3) is 6.29. The van der Waals surface area contributed by atoms with Gasteiger partial charge in [-0.2, -0.15) is 0 Å². The molecular formula is C26H32N4O4S. The molecule has 1 fully saturated rings. The highest BCUT2D eigenvalue weighted by molar-refractivity contribution is 8.00. The number of hydrogen-bond acceptors (Lipinski definition) is 6.